The van der Waals surface area contributed by atoms with Crippen LogP contribution in [-0.2, 0) is 4.79 Å². The number of halogens is 2. The number of aromatic hydroxyl groups is 1. The largest absolute Gasteiger partial charge is 0.508 e. The Morgan fingerprint density at radius 2 is 2.13 bits per heavy atom. The lowest BCUT2D eigenvalue weighted by molar-refractivity contribution is -0.124. The lowest BCUT2D eigenvalue weighted by Gasteiger charge is -2.24. The summed E-state index contributed by atoms with van der Waals surface area (Å²) in [5, 5.41) is 26.1. The number of carbonyl (C=O) groups excluding carboxylic acids is 1. The van der Waals surface area contributed by atoms with Gasteiger partial charge in [0.05, 0.1) is 22.2 Å². The molecular weight excluding hydrogens is 339 g/mol. The lowest BCUT2D eigenvalue weighted by atomic mass is 9.96. The van der Waals surface area contributed by atoms with Gasteiger partial charge in [0.15, 0.2) is 0 Å². The summed E-state index contributed by atoms with van der Waals surface area (Å²) in [6.07, 6.45) is 1.03. The average molecular weight is 361 g/mol. The molecular formula is C16H22Cl2N2O3. The maximum Gasteiger partial charge on any atom is 0.220 e. The molecule has 1 saturated heterocycles. The zero-order valence-corrected chi connectivity index (χ0v) is 14.7. The van der Waals surface area contributed by atoms with Crippen LogP contribution in [0.3, 0.4) is 0 Å². The summed E-state index contributed by atoms with van der Waals surface area (Å²) in [6.45, 7) is 4.07. The van der Waals surface area contributed by atoms with Crippen LogP contribution in [0.1, 0.15) is 38.3 Å². The van der Waals surface area contributed by atoms with Crippen molar-refractivity contribution in [1.29, 1.82) is 0 Å². The number of aliphatic hydroxyl groups is 1. The van der Waals surface area contributed by atoms with Gasteiger partial charge in [-0.3, -0.25) is 4.79 Å². The van der Waals surface area contributed by atoms with Gasteiger partial charge in [0.25, 0.3) is 0 Å². The fourth-order valence-corrected chi connectivity index (χ4v) is 3.26. The van der Waals surface area contributed by atoms with E-state index in [0.717, 1.165) is 0 Å². The molecule has 2 rings (SSSR count). The van der Waals surface area contributed by atoms with Crippen LogP contribution in [0.5, 0.6) is 5.75 Å². The number of amides is 1. The zero-order valence-electron chi connectivity index (χ0n) is 13.2. The molecule has 1 aliphatic heterocycles. The number of hydrogen-bond donors (Lipinski definition) is 4. The highest BCUT2D eigenvalue weighted by Gasteiger charge is 2.31. The molecule has 1 aliphatic rings. The van der Waals surface area contributed by atoms with E-state index in [-0.39, 0.29) is 30.2 Å². The van der Waals surface area contributed by atoms with Crippen LogP contribution < -0.4 is 10.6 Å². The predicted molar refractivity (Wildman–Crippen MR) is 90.9 cm³/mol. The first-order valence-electron chi connectivity index (χ1n) is 7.55. The summed E-state index contributed by atoms with van der Waals surface area (Å²) >= 11 is 12.2. The van der Waals surface area contributed by atoms with Crippen LogP contribution in [0.15, 0.2) is 12.1 Å². The van der Waals surface area contributed by atoms with Crippen LogP contribution in [0.4, 0.5) is 0 Å². The third kappa shape index (κ3) is 4.51. The minimum atomic E-state index is -0.628. The van der Waals surface area contributed by atoms with Gasteiger partial charge in [0.1, 0.15) is 5.75 Å². The SMILES string of the molecule is CC(C)(CO)NC(=O)C[C@H]1CN[C@@H](c2c(O)ccc(Cl)c2Cl)C1. The Kier molecular flexibility index (Phi) is 5.79. The molecule has 0 unspecified atom stereocenters. The average Bonchev–Trinajstić information content (AvgIpc) is 2.91. The van der Waals surface area contributed by atoms with E-state index in [1.165, 1.54) is 6.07 Å². The highest BCUT2D eigenvalue weighted by molar-refractivity contribution is 6.42. The van der Waals surface area contributed by atoms with Crippen LogP contribution in [-0.4, -0.2) is 34.8 Å². The van der Waals surface area contributed by atoms with E-state index in [1.807, 2.05) is 0 Å². The second kappa shape index (κ2) is 7.26. The molecule has 23 heavy (non-hydrogen) atoms. The summed E-state index contributed by atoms with van der Waals surface area (Å²) in [6, 6.07) is 2.94. The van der Waals surface area contributed by atoms with Crippen molar-refractivity contribution in [3.63, 3.8) is 0 Å². The van der Waals surface area contributed by atoms with Crippen LogP contribution in [0.25, 0.3) is 0 Å². The van der Waals surface area contributed by atoms with Crippen molar-refractivity contribution in [3.05, 3.63) is 27.7 Å². The van der Waals surface area contributed by atoms with E-state index in [1.54, 1.807) is 19.9 Å². The van der Waals surface area contributed by atoms with Gasteiger partial charge < -0.3 is 20.8 Å². The highest BCUT2D eigenvalue weighted by atomic mass is 35.5. The summed E-state index contributed by atoms with van der Waals surface area (Å²) in [5.74, 6) is 0.130. The van der Waals surface area contributed by atoms with Gasteiger partial charge in [-0.15, -0.1) is 0 Å². The molecule has 0 spiro atoms. The first-order valence-corrected chi connectivity index (χ1v) is 8.31. The van der Waals surface area contributed by atoms with Crippen molar-refractivity contribution < 1.29 is 15.0 Å². The van der Waals surface area contributed by atoms with Gasteiger partial charge in [-0.25, -0.2) is 0 Å². The van der Waals surface area contributed by atoms with Crippen molar-refractivity contribution in [1.82, 2.24) is 10.6 Å². The molecule has 4 N–H and O–H groups in total. The molecule has 0 bridgehead atoms. The Labute approximate surface area is 146 Å². The smallest absolute Gasteiger partial charge is 0.220 e. The highest BCUT2D eigenvalue weighted by Crippen LogP contribution is 2.41. The van der Waals surface area contributed by atoms with Crippen LogP contribution >= 0.6 is 23.2 Å². The molecule has 0 radical (unpaired) electrons. The Bertz CT molecular complexity index is 593. The van der Waals surface area contributed by atoms with E-state index in [0.29, 0.717) is 35.0 Å². The second-order valence-electron chi connectivity index (χ2n) is 6.65. The van der Waals surface area contributed by atoms with E-state index in [2.05, 4.69) is 10.6 Å². The second-order valence-corrected chi connectivity index (χ2v) is 7.44. The molecule has 1 aromatic rings. The van der Waals surface area contributed by atoms with Gasteiger partial charge in [-0.2, -0.15) is 0 Å². The molecule has 0 aromatic heterocycles. The maximum atomic E-state index is 12.1. The first kappa shape index (κ1) is 18.3. The van der Waals surface area contributed by atoms with E-state index < -0.39 is 5.54 Å². The van der Waals surface area contributed by atoms with Gasteiger partial charge >= 0.3 is 0 Å². The summed E-state index contributed by atoms with van der Waals surface area (Å²) in [5.41, 5.74) is -0.0467. The van der Waals surface area contributed by atoms with Crippen molar-refractivity contribution in [2.45, 2.75) is 38.3 Å². The zero-order chi connectivity index (χ0) is 17.2. The minimum absolute atomic E-state index is 0.0992. The number of hydrogen-bond acceptors (Lipinski definition) is 4. The summed E-state index contributed by atoms with van der Waals surface area (Å²) in [4.78, 5) is 12.1. The molecule has 128 valence electrons. The molecule has 1 amide bonds. The van der Waals surface area contributed by atoms with Crippen molar-refractivity contribution in [2.24, 2.45) is 5.92 Å². The van der Waals surface area contributed by atoms with Crippen molar-refractivity contribution in [3.8, 4) is 5.75 Å². The number of nitrogens with one attached hydrogen (secondary N) is 2. The molecule has 1 aromatic carbocycles. The van der Waals surface area contributed by atoms with E-state index in [4.69, 9.17) is 23.2 Å². The van der Waals surface area contributed by atoms with Crippen LogP contribution in [0, 0.1) is 5.92 Å². The number of phenolic OH excluding ortho intramolecular Hbond substituents is 1. The van der Waals surface area contributed by atoms with Crippen molar-refractivity contribution in [2.75, 3.05) is 13.2 Å². The van der Waals surface area contributed by atoms with E-state index in [9.17, 15) is 15.0 Å². The quantitative estimate of drug-likeness (QED) is 0.650. The first-order chi connectivity index (χ1) is 10.7. The number of carbonyl (C=O) groups is 1. The number of rotatable bonds is 5. The molecule has 1 fully saturated rings. The molecule has 0 aliphatic carbocycles. The third-order valence-corrected chi connectivity index (χ3v) is 4.85. The Morgan fingerprint density at radius 1 is 1.43 bits per heavy atom. The monoisotopic (exact) mass is 360 g/mol. The summed E-state index contributed by atoms with van der Waals surface area (Å²) in [7, 11) is 0. The van der Waals surface area contributed by atoms with Crippen LogP contribution in [0.2, 0.25) is 10.0 Å². The topological polar surface area (TPSA) is 81.6 Å². The fourth-order valence-electron chi connectivity index (χ4n) is 2.80. The van der Waals surface area contributed by atoms with Gasteiger partial charge in [-0.05, 0) is 44.9 Å². The normalized spacial score (nSPS) is 21.4. The molecule has 5 nitrogen and oxygen atoms in total. The lowest BCUT2D eigenvalue weighted by Crippen LogP contribution is -2.46. The molecule has 0 saturated carbocycles. The minimum Gasteiger partial charge on any atom is -0.508 e. The molecule has 1 heterocycles. The van der Waals surface area contributed by atoms with Gasteiger partial charge in [-0.1, -0.05) is 23.2 Å². The fraction of sp³-hybridized carbons (Fsp3) is 0.562. The third-order valence-electron chi connectivity index (χ3n) is 4.03. The maximum absolute atomic E-state index is 12.1. The molecule has 2 atom stereocenters. The van der Waals surface area contributed by atoms with E-state index >= 15 is 0 Å². The number of benzene rings is 1. The predicted octanol–water partition coefficient (Wildman–Crippen LogP) is 2.63. The van der Waals surface area contributed by atoms with Gasteiger partial charge in [0.2, 0.25) is 5.91 Å². The number of phenols is 1. The van der Waals surface area contributed by atoms with Crippen molar-refractivity contribution >= 4 is 29.1 Å². The Hall–Kier alpha value is -1.01. The number of aliphatic hydroxyl groups excluding tert-OH is 1. The standard InChI is InChI=1S/C16H22Cl2N2O3/c1-16(2,8-21)20-13(23)6-9-5-11(19-7-9)14-12(22)4-3-10(17)15(14)18/h3-4,9,11,19,21-22H,5-8H2,1-2H3,(H,20,23)/t9-,11+/m0/s1. The Morgan fingerprint density at radius 3 is 2.78 bits per heavy atom. The Balaban J connectivity index is 2.00. The molecule has 7 heteroatoms. The van der Waals surface area contributed by atoms with Gasteiger partial charge in [0, 0.05) is 18.0 Å². The summed E-state index contributed by atoms with van der Waals surface area (Å²) < 4.78 is 0.